The maximum Gasteiger partial charge on any atom is 0.239 e. The Balaban J connectivity index is 0.00000361. The first-order valence-corrected chi connectivity index (χ1v) is 7.32. The van der Waals surface area contributed by atoms with E-state index in [9.17, 15) is 9.59 Å². The number of hydrogen-bond donors (Lipinski definition) is 3. The second kappa shape index (κ2) is 10.9. The Morgan fingerprint density at radius 3 is 2.40 bits per heavy atom. The Hall–Kier alpha value is -0.810. The zero-order valence-electron chi connectivity index (χ0n) is 12.5. The van der Waals surface area contributed by atoms with Crippen molar-refractivity contribution < 1.29 is 9.59 Å². The van der Waals surface area contributed by atoms with Gasteiger partial charge in [0.25, 0.3) is 0 Å². The zero-order valence-corrected chi connectivity index (χ0v) is 13.4. The molecule has 0 saturated heterocycles. The summed E-state index contributed by atoms with van der Waals surface area (Å²) in [5.41, 5.74) is 0. The summed E-state index contributed by atoms with van der Waals surface area (Å²) in [5.74, 6) is 0.580. The fourth-order valence-corrected chi connectivity index (χ4v) is 2.33. The molecule has 1 aliphatic rings. The van der Waals surface area contributed by atoms with Gasteiger partial charge in [-0.1, -0.05) is 25.7 Å². The lowest BCUT2D eigenvalue weighted by Gasteiger charge is -2.12. The largest absolute Gasteiger partial charge is 0.353 e. The van der Waals surface area contributed by atoms with E-state index in [4.69, 9.17) is 0 Å². The van der Waals surface area contributed by atoms with Crippen LogP contribution in [0.15, 0.2) is 0 Å². The Kier molecular flexibility index (Phi) is 10.5. The molecule has 1 aliphatic carbocycles. The lowest BCUT2D eigenvalue weighted by atomic mass is 10.0. The van der Waals surface area contributed by atoms with E-state index in [1.807, 2.05) is 14.0 Å². The van der Waals surface area contributed by atoms with Crippen LogP contribution in [-0.4, -0.2) is 38.0 Å². The van der Waals surface area contributed by atoms with E-state index < -0.39 is 0 Å². The monoisotopic (exact) mass is 305 g/mol. The molecule has 6 heteroatoms. The summed E-state index contributed by atoms with van der Waals surface area (Å²) in [6.45, 7) is 2.65. The van der Waals surface area contributed by atoms with Crippen molar-refractivity contribution in [1.29, 1.82) is 0 Å². The molecule has 0 bridgehead atoms. The van der Waals surface area contributed by atoms with Gasteiger partial charge in [-0.05, 0) is 26.3 Å². The third kappa shape index (κ3) is 8.38. The quantitative estimate of drug-likeness (QED) is 0.631. The molecule has 1 atom stereocenters. The first-order chi connectivity index (χ1) is 9.11. The average Bonchev–Trinajstić information content (AvgIpc) is 2.93. The number of amides is 2. The molecule has 5 nitrogen and oxygen atoms in total. The van der Waals surface area contributed by atoms with E-state index in [0.717, 1.165) is 12.3 Å². The van der Waals surface area contributed by atoms with Crippen molar-refractivity contribution >= 4 is 24.2 Å². The maximum atomic E-state index is 11.6. The fourth-order valence-electron chi connectivity index (χ4n) is 2.33. The highest BCUT2D eigenvalue weighted by molar-refractivity contribution is 5.85. The summed E-state index contributed by atoms with van der Waals surface area (Å²) >= 11 is 0. The summed E-state index contributed by atoms with van der Waals surface area (Å²) in [6.07, 6.45) is 6.64. The van der Waals surface area contributed by atoms with E-state index in [1.165, 1.54) is 25.7 Å². The number of likely N-dealkylation sites (N-methyl/N-ethyl adjacent to an activating group) is 1. The molecule has 0 aliphatic heterocycles. The minimum absolute atomic E-state index is 0. The molecule has 1 fully saturated rings. The highest BCUT2D eigenvalue weighted by Crippen LogP contribution is 2.28. The lowest BCUT2D eigenvalue weighted by Crippen LogP contribution is -2.42. The van der Waals surface area contributed by atoms with Gasteiger partial charge < -0.3 is 16.0 Å². The van der Waals surface area contributed by atoms with Gasteiger partial charge in [-0.25, -0.2) is 0 Å². The molecule has 1 saturated carbocycles. The second-order valence-corrected chi connectivity index (χ2v) is 5.46. The van der Waals surface area contributed by atoms with Crippen molar-refractivity contribution in [1.82, 2.24) is 16.0 Å². The van der Waals surface area contributed by atoms with Gasteiger partial charge in [-0.3, -0.25) is 9.59 Å². The first-order valence-electron chi connectivity index (χ1n) is 7.32. The van der Waals surface area contributed by atoms with Gasteiger partial charge >= 0.3 is 0 Å². The molecule has 3 N–H and O–H groups in total. The highest BCUT2D eigenvalue weighted by Gasteiger charge is 2.16. The van der Waals surface area contributed by atoms with Crippen molar-refractivity contribution in [3.63, 3.8) is 0 Å². The van der Waals surface area contributed by atoms with Gasteiger partial charge in [0.2, 0.25) is 11.8 Å². The molecule has 0 aromatic carbocycles. The number of hydrogen-bond acceptors (Lipinski definition) is 3. The third-order valence-corrected chi connectivity index (χ3v) is 3.80. The van der Waals surface area contributed by atoms with Crippen molar-refractivity contribution in [2.75, 3.05) is 20.1 Å². The molecular weight excluding hydrogens is 278 g/mol. The van der Waals surface area contributed by atoms with Crippen LogP contribution < -0.4 is 16.0 Å². The minimum Gasteiger partial charge on any atom is -0.353 e. The Morgan fingerprint density at radius 1 is 1.15 bits per heavy atom. The van der Waals surface area contributed by atoms with Crippen LogP contribution in [-0.2, 0) is 9.59 Å². The second-order valence-electron chi connectivity index (χ2n) is 5.46. The van der Waals surface area contributed by atoms with Gasteiger partial charge in [-0.2, -0.15) is 0 Å². The van der Waals surface area contributed by atoms with Crippen molar-refractivity contribution in [3.05, 3.63) is 0 Å². The van der Waals surface area contributed by atoms with Crippen molar-refractivity contribution in [3.8, 4) is 0 Å². The molecule has 2 amide bonds. The van der Waals surface area contributed by atoms with Crippen LogP contribution in [0.5, 0.6) is 0 Å². The summed E-state index contributed by atoms with van der Waals surface area (Å²) in [7, 11) is 1.85. The van der Waals surface area contributed by atoms with E-state index in [2.05, 4.69) is 16.0 Å². The molecule has 1 unspecified atom stereocenters. The van der Waals surface area contributed by atoms with Gasteiger partial charge in [-0.15, -0.1) is 12.4 Å². The summed E-state index contributed by atoms with van der Waals surface area (Å²) in [4.78, 5) is 23.1. The molecule has 1 rings (SSSR count). The molecule has 118 valence electrons. The molecule has 0 heterocycles. The van der Waals surface area contributed by atoms with Crippen LogP contribution in [0, 0.1) is 5.92 Å². The van der Waals surface area contributed by atoms with E-state index in [1.54, 1.807) is 0 Å². The number of carbonyl (C=O) groups excluding carboxylic acids is 2. The van der Waals surface area contributed by atoms with Crippen LogP contribution in [0.1, 0.15) is 45.4 Å². The van der Waals surface area contributed by atoms with Crippen LogP contribution >= 0.6 is 12.4 Å². The standard InChI is InChI=1S/C14H27N3O2.ClH/c1-11(15-2)9-16-14(19)10-17-13(18)8-7-12-5-3-4-6-12;/h11-12,15H,3-10H2,1-2H3,(H,16,19)(H,17,18);1H. The van der Waals surface area contributed by atoms with Crippen LogP contribution in [0.25, 0.3) is 0 Å². The predicted octanol–water partition coefficient (Wildman–Crippen LogP) is 1.22. The SMILES string of the molecule is CNC(C)CNC(=O)CNC(=O)CCC1CCCC1.Cl. The van der Waals surface area contributed by atoms with Gasteiger partial charge in [0.05, 0.1) is 6.54 Å². The minimum atomic E-state index is -0.128. The van der Waals surface area contributed by atoms with Gasteiger partial charge in [0.15, 0.2) is 0 Å². The Morgan fingerprint density at radius 2 is 1.80 bits per heavy atom. The molecule has 0 aromatic heterocycles. The number of halogens is 1. The molecule has 0 radical (unpaired) electrons. The molecule has 0 aromatic rings. The first kappa shape index (κ1) is 19.2. The van der Waals surface area contributed by atoms with Crippen LogP contribution in [0.4, 0.5) is 0 Å². The smallest absolute Gasteiger partial charge is 0.239 e. The lowest BCUT2D eigenvalue weighted by molar-refractivity contribution is -0.126. The van der Waals surface area contributed by atoms with Crippen LogP contribution in [0.2, 0.25) is 0 Å². The summed E-state index contributed by atoms with van der Waals surface area (Å²) in [6, 6.07) is 0.238. The average molecular weight is 306 g/mol. The molecular formula is C14H28ClN3O2. The highest BCUT2D eigenvalue weighted by atomic mass is 35.5. The van der Waals surface area contributed by atoms with E-state index in [-0.39, 0.29) is 36.8 Å². The van der Waals surface area contributed by atoms with E-state index in [0.29, 0.717) is 13.0 Å². The summed E-state index contributed by atoms with van der Waals surface area (Å²) < 4.78 is 0. The Labute approximate surface area is 128 Å². The molecule has 20 heavy (non-hydrogen) atoms. The topological polar surface area (TPSA) is 70.2 Å². The summed E-state index contributed by atoms with van der Waals surface area (Å²) in [5, 5.41) is 8.48. The third-order valence-electron chi connectivity index (χ3n) is 3.80. The molecule has 0 spiro atoms. The Bertz CT molecular complexity index is 294. The predicted molar refractivity (Wildman–Crippen MR) is 83.0 cm³/mol. The number of carbonyl (C=O) groups is 2. The number of nitrogens with one attached hydrogen (secondary N) is 3. The maximum absolute atomic E-state index is 11.6. The fraction of sp³-hybridized carbons (Fsp3) is 0.857. The van der Waals surface area contributed by atoms with Gasteiger partial charge in [0, 0.05) is 19.0 Å². The number of rotatable bonds is 8. The van der Waals surface area contributed by atoms with Crippen molar-refractivity contribution in [2.24, 2.45) is 5.92 Å². The van der Waals surface area contributed by atoms with Gasteiger partial charge in [0.1, 0.15) is 0 Å². The normalized spacial score (nSPS) is 16.3. The van der Waals surface area contributed by atoms with Crippen LogP contribution in [0.3, 0.4) is 0 Å². The van der Waals surface area contributed by atoms with E-state index >= 15 is 0 Å². The van der Waals surface area contributed by atoms with Crippen molar-refractivity contribution in [2.45, 2.75) is 51.5 Å². The zero-order chi connectivity index (χ0) is 14.1.